The van der Waals surface area contributed by atoms with E-state index in [1.807, 2.05) is 41.0 Å². The van der Waals surface area contributed by atoms with Crippen LogP contribution in [0.1, 0.15) is 23.1 Å². The summed E-state index contributed by atoms with van der Waals surface area (Å²) in [4.78, 5) is 14.3. The van der Waals surface area contributed by atoms with E-state index in [2.05, 4.69) is 11.2 Å². The van der Waals surface area contributed by atoms with Gasteiger partial charge in [0.2, 0.25) is 5.91 Å². The molecule has 2 heterocycles. The van der Waals surface area contributed by atoms with Gasteiger partial charge in [-0.1, -0.05) is 6.07 Å². The van der Waals surface area contributed by atoms with Crippen LogP contribution in [0.15, 0.2) is 30.6 Å². The Morgan fingerprint density at radius 2 is 2.23 bits per heavy atom. The second kappa shape index (κ2) is 6.22. The van der Waals surface area contributed by atoms with Crippen LogP contribution in [0.3, 0.4) is 0 Å². The minimum atomic E-state index is 0.182. The average Bonchev–Trinajstić information content (AvgIpc) is 2.97. The molecule has 1 aliphatic rings. The molecule has 1 aromatic carbocycles. The zero-order chi connectivity index (χ0) is 15.5. The predicted octanol–water partition coefficient (Wildman–Crippen LogP) is 2.18. The minimum absolute atomic E-state index is 0.182. The summed E-state index contributed by atoms with van der Waals surface area (Å²) in [5, 5.41) is 4.22. The largest absolute Gasteiger partial charge is 0.497 e. The van der Waals surface area contributed by atoms with Gasteiger partial charge < -0.3 is 9.64 Å². The van der Waals surface area contributed by atoms with Crippen molar-refractivity contribution in [1.29, 1.82) is 0 Å². The van der Waals surface area contributed by atoms with Gasteiger partial charge in [0.05, 0.1) is 13.3 Å². The van der Waals surface area contributed by atoms with Gasteiger partial charge in [0.25, 0.3) is 0 Å². The third-order valence-corrected chi connectivity index (χ3v) is 4.10. The van der Waals surface area contributed by atoms with E-state index < -0.39 is 0 Å². The number of aromatic nitrogens is 2. The summed E-state index contributed by atoms with van der Waals surface area (Å²) in [6, 6.07) is 6.12. The minimum Gasteiger partial charge on any atom is -0.497 e. The van der Waals surface area contributed by atoms with Crippen LogP contribution >= 0.6 is 0 Å². The number of ether oxygens (including phenoxy) is 1. The van der Waals surface area contributed by atoms with E-state index in [0.717, 1.165) is 24.3 Å². The van der Waals surface area contributed by atoms with Gasteiger partial charge in [-0.2, -0.15) is 5.10 Å². The number of methoxy groups -OCH3 is 1. The maximum atomic E-state index is 12.4. The molecule has 0 bridgehead atoms. The van der Waals surface area contributed by atoms with E-state index in [0.29, 0.717) is 19.5 Å². The smallest absolute Gasteiger partial charge is 0.224 e. The summed E-state index contributed by atoms with van der Waals surface area (Å²) < 4.78 is 7.10. The highest BCUT2D eigenvalue weighted by atomic mass is 16.5. The number of hydrogen-bond donors (Lipinski definition) is 0. The molecule has 3 rings (SSSR count). The van der Waals surface area contributed by atoms with E-state index in [9.17, 15) is 4.79 Å². The van der Waals surface area contributed by atoms with Crippen molar-refractivity contribution in [2.75, 3.05) is 13.7 Å². The summed E-state index contributed by atoms with van der Waals surface area (Å²) in [7, 11) is 1.67. The Bertz CT molecular complexity index is 678. The van der Waals surface area contributed by atoms with E-state index in [4.69, 9.17) is 4.74 Å². The normalized spacial score (nSPS) is 13.8. The van der Waals surface area contributed by atoms with Crippen LogP contribution in [0.5, 0.6) is 5.75 Å². The molecule has 1 aromatic heterocycles. The molecule has 1 amide bonds. The maximum absolute atomic E-state index is 12.4. The van der Waals surface area contributed by atoms with Crippen molar-refractivity contribution in [1.82, 2.24) is 14.7 Å². The average molecular weight is 299 g/mol. The molecular weight excluding hydrogens is 278 g/mol. The predicted molar refractivity (Wildman–Crippen MR) is 83.7 cm³/mol. The van der Waals surface area contributed by atoms with Crippen LogP contribution in [0.4, 0.5) is 0 Å². The SMILES string of the molecule is COc1ccc2c(c1)CN(C(=O)CCn1cc(C)cn1)CC2. The summed E-state index contributed by atoms with van der Waals surface area (Å²) in [5.74, 6) is 1.03. The van der Waals surface area contributed by atoms with Crippen LogP contribution in [0.2, 0.25) is 0 Å². The molecule has 0 N–H and O–H groups in total. The van der Waals surface area contributed by atoms with Crippen LogP contribution in [0, 0.1) is 6.92 Å². The first kappa shape index (κ1) is 14.6. The number of nitrogens with zero attached hydrogens (tertiary/aromatic N) is 3. The molecule has 0 radical (unpaired) electrons. The first-order valence-electron chi connectivity index (χ1n) is 7.58. The zero-order valence-corrected chi connectivity index (χ0v) is 13.1. The molecule has 0 spiro atoms. The van der Waals surface area contributed by atoms with Crippen LogP contribution in [0.25, 0.3) is 0 Å². The van der Waals surface area contributed by atoms with Crippen molar-refractivity contribution < 1.29 is 9.53 Å². The molecule has 116 valence electrons. The number of fused-ring (bicyclic) bond motifs is 1. The Morgan fingerprint density at radius 3 is 2.95 bits per heavy atom. The van der Waals surface area contributed by atoms with Gasteiger partial charge in [-0.05, 0) is 42.2 Å². The standard InChI is InChI=1S/C17H21N3O2/c1-13-10-18-20(11-13)8-6-17(21)19-7-5-14-3-4-16(22-2)9-15(14)12-19/h3-4,9-11H,5-8,12H2,1-2H3. The van der Waals surface area contributed by atoms with Crippen molar-refractivity contribution in [3.8, 4) is 5.75 Å². The molecule has 5 heteroatoms. The Morgan fingerprint density at radius 1 is 1.36 bits per heavy atom. The van der Waals surface area contributed by atoms with Crippen LogP contribution < -0.4 is 4.74 Å². The summed E-state index contributed by atoms with van der Waals surface area (Å²) >= 11 is 0. The number of rotatable bonds is 4. The van der Waals surface area contributed by atoms with Crippen molar-refractivity contribution in [2.45, 2.75) is 32.9 Å². The van der Waals surface area contributed by atoms with Gasteiger partial charge in [-0.3, -0.25) is 9.48 Å². The van der Waals surface area contributed by atoms with Gasteiger partial charge in [0.15, 0.2) is 0 Å². The number of aryl methyl sites for hydroxylation is 2. The summed E-state index contributed by atoms with van der Waals surface area (Å²) in [6.45, 7) is 4.09. The molecule has 1 aliphatic heterocycles. The van der Waals surface area contributed by atoms with Crippen LogP contribution in [-0.2, 0) is 24.3 Å². The fraction of sp³-hybridized carbons (Fsp3) is 0.412. The number of carbonyl (C=O) groups excluding carboxylic acids is 1. The van der Waals surface area contributed by atoms with Crippen molar-refractivity contribution in [2.24, 2.45) is 0 Å². The quantitative estimate of drug-likeness (QED) is 0.869. The maximum Gasteiger partial charge on any atom is 0.224 e. The molecule has 0 fully saturated rings. The fourth-order valence-electron chi connectivity index (χ4n) is 2.83. The second-order valence-corrected chi connectivity index (χ2v) is 5.73. The lowest BCUT2D eigenvalue weighted by Gasteiger charge is -2.29. The van der Waals surface area contributed by atoms with Gasteiger partial charge in [0.1, 0.15) is 5.75 Å². The number of carbonyl (C=O) groups is 1. The molecule has 2 aromatic rings. The van der Waals surface area contributed by atoms with Gasteiger partial charge in [-0.15, -0.1) is 0 Å². The molecule has 22 heavy (non-hydrogen) atoms. The molecule has 0 saturated carbocycles. The van der Waals surface area contributed by atoms with E-state index in [1.54, 1.807) is 7.11 Å². The Hall–Kier alpha value is -2.30. The highest BCUT2D eigenvalue weighted by molar-refractivity contribution is 5.76. The lowest BCUT2D eigenvalue weighted by Crippen LogP contribution is -2.36. The van der Waals surface area contributed by atoms with E-state index >= 15 is 0 Å². The van der Waals surface area contributed by atoms with Gasteiger partial charge in [0, 0.05) is 32.3 Å². The lowest BCUT2D eigenvalue weighted by molar-refractivity contribution is -0.132. The molecular formula is C17H21N3O2. The second-order valence-electron chi connectivity index (χ2n) is 5.73. The summed E-state index contributed by atoms with van der Waals surface area (Å²) in [6.07, 6.45) is 5.17. The topological polar surface area (TPSA) is 47.4 Å². The van der Waals surface area contributed by atoms with Crippen molar-refractivity contribution in [3.05, 3.63) is 47.3 Å². The highest BCUT2D eigenvalue weighted by Gasteiger charge is 2.20. The van der Waals surface area contributed by atoms with Crippen molar-refractivity contribution in [3.63, 3.8) is 0 Å². The molecule has 0 atom stereocenters. The number of hydrogen-bond acceptors (Lipinski definition) is 3. The first-order chi connectivity index (χ1) is 10.7. The van der Waals surface area contributed by atoms with Crippen molar-refractivity contribution >= 4 is 5.91 Å². The first-order valence-corrected chi connectivity index (χ1v) is 7.58. The van der Waals surface area contributed by atoms with E-state index in [1.165, 1.54) is 11.1 Å². The molecule has 0 saturated heterocycles. The fourth-order valence-corrected chi connectivity index (χ4v) is 2.83. The Balaban J connectivity index is 1.62. The van der Waals surface area contributed by atoms with Gasteiger partial charge in [-0.25, -0.2) is 0 Å². The molecule has 5 nitrogen and oxygen atoms in total. The Kier molecular flexibility index (Phi) is 4.13. The third kappa shape index (κ3) is 3.13. The van der Waals surface area contributed by atoms with Crippen LogP contribution in [-0.4, -0.2) is 34.2 Å². The highest BCUT2D eigenvalue weighted by Crippen LogP contribution is 2.24. The molecule has 0 aliphatic carbocycles. The number of benzene rings is 1. The number of amides is 1. The van der Waals surface area contributed by atoms with E-state index in [-0.39, 0.29) is 5.91 Å². The Labute approximate surface area is 130 Å². The molecule has 0 unspecified atom stereocenters. The zero-order valence-electron chi connectivity index (χ0n) is 13.1. The summed E-state index contributed by atoms with van der Waals surface area (Å²) in [5.41, 5.74) is 3.62. The monoisotopic (exact) mass is 299 g/mol. The lowest BCUT2D eigenvalue weighted by atomic mass is 9.99. The van der Waals surface area contributed by atoms with Gasteiger partial charge >= 0.3 is 0 Å². The third-order valence-electron chi connectivity index (χ3n) is 4.10.